The van der Waals surface area contributed by atoms with Crippen LogP contribution in [0, 0.1) is 0 Å². The number of carbonyl (C=O) groups excluding carboxylic acids is 1. The van der Waals surface area contributed by atoms with Gasteiger partial charge in [0.15, 0.2) is 0 Å². The van der Waals surface area contributed by atoms with Crippen LogP contribution in [-0.2, 0) is 17.8 Å². The highest BCUT2D eigenvalue weighted by molar-refractivity contribution is 5.91. The predicted molar refractivity (Wildman–Crippen MR) is 152 cm³/mol. The average molecular weight is 493 g/mol. The SMILES string of the molecule is CC1CCCC(C)N1CCc1cn(-c2ccc(/C=C/C(=O)NCc3cccnc3)cc2)c2ccccc12. The molecule has 190 valence electrons. The van der Waals surface area contributed by atoms with Gasteiger partial charge in [-0.2, -0.15) is 0 Å². The molecule has 5 nitrogen and oxygen atoms in total. The first-order valence-electron chi connectivity index (χ1n) is 13.4. The van der Waals surface area contributed by atoms with E-state index in [0.717, 1.165) is 29.8 Å². The third kappa shape index (κ3) is 6.00. The molecule has 5 heteroatoms. The van der Waals surface area contributed by atoms with Crippen LogP contribution in [-0.4, -0.2) is 39.0 Å². The maximum atomic E-state index is 12.2. The van der Waals surface area contributed by atoms with E-state index in [-0.39, 0.29) is 5.91 Å². The van der Waals surface area contributed by atoms with E-state index in [2.05, 4.69) is 88.3 Å². The van der Waals surface area contributed by atoms with E-state index >= 15 is 0 Å². The molecule has 0 radical (unpaired) electrons. The van der Waals surface area contributed by atoms with Crippen molar-refractivity contribution in [3.8, 4) is 5.69 Å². The molecule has 0 bridgehead atoms. The first kappa shape index (κ1) is 25.0. The maximum absolute atomic E-state index is 12.2. The number of benzene rings is 2. The highest BCUT2D eigenvalue weighted by Gasteiger charge is 2.24. The fourth-order valence-corrected chi connectivity index (χ4v) is 5.50. The van der Waals surface area contributed by atoms with Crippen LogP contribution in [0.5, 0.6) is 0 Å². The van der Waals surface area contributed by atoms with Gasteiger partial charge in [-0.1, -0.05) is 42.8 Å². The molecule has 4 aromatic rings. The number of pyridine rings is 1. The summed E-state index contributed by atoms with van der Waals surface area (Å²) in [5.74, 6) is -0.119. The van der Waals surface area contributed by atoms with Gasteiger partial charge in [-0.15, -0.1) is 0 Å². The van der Waals surface area contributed by atoms with Crippen molar-refractivity contribution in [3.63, 3.8) is 0 Å². The molecule has 0 spiro atoms. The zero-order valence-corrected chi connectivity index (χ0v) is 21.8. The first-order chi connectivity index (χ1) is 18.1. The Hall–Kier alpha value is -3.70. The molecule has 1 aliphatic heterocycles. The Morgan fingerprint density at radius 1 is 1.03 bits per heavy atom. The minimum atomic E-state index is -0.119. The van der Waals surface area contributed by atoms with Gasteiger partial charge in [0.1, 0.15) is 0 Å². The second kappa shape index (κ2) is 11.6. The van der Waals surface area contributed by atoms with Crippen LogP contribution >= 0.6 is 0 Å². The largest absolute Gasteiger partial charge is 0.348 e. The lowest BCUT2D eigenvalue weighted by Crippen LogP contribution is -2.44. The monoisotopic (exact) mass is 492 g/mol. The summed E-state index contributed by atoms with van der Waals surface area (Å²) < 4.78 is 2.29. The lowest BCUT2D eigenvalue weighted by molar-refractivity contribution is -0.116. The number of nitrogens with zero attached hydrogens (tertiary/aromatic N) is 3. The summed E-state index contributed by atoms with van der Waals surface area (Å²) in [4.78, 5) is 19.0. The van der Waals surface area contributed by atoms with Gasteiger partial charge in [0.2, 0.25) is 5.91 Å². The molecule has 1 saturated heterocycles. The molecule has 2 aromatic heterocycles. The second-order valence-electron chi connectivity index (χ2n) is 10.2. The Morgan fingerprint density at radius 2 is 1.81 bits per heavy atom. The van der Waals surface area contributed by atoms with Gasteiger partial charge in [0.25, 0.3) is 0 Å². The maximum Gasteiger partial charge on any atom is 0.244 e. The van der Waals surface area contributed by atoms with Gasteiger partial charge < -0.3 is 9.88 Å². The number of para-hydroxylation sites is 1. The number of likely N-dealkylation sites (tertiary alicyclic amines) is 1. The van der Waals surface area contributed by atoms with Gasteiger partial charge in [0.05, 0.1) is 5.52 Å². The Labute approximate surface area is 219 Å². The van der Waals surface area contributed by atoms with Crippen LogP contribution in [0.15, 0.2) is 85.3 Å². The smallest absolute Gasteiger partial charge is 0.244 e. The number of rotatable bonds is 8. The van der Waals surface area contributed by atoms with Gasteiger partial charge >= 0.3 is 0 Å². The highest BCUT2D eigenvalue weighted by atomic mass is 16.1. The fourth-order valence-electron chi connectivity index (χ4n) is 5.50. The van der Waals surface area contributed by atoms with Crippen molar-refractivity contribution >= 4 is 22.9 Å². The van der Waals surface area contributed by atoms with E-state index in [0.29, 0.717) is 18.6 Å². The van der Waals surface area contributed by atoms with Crippen molar-refractivity contribution in [1.29, 1.82) is 0 Å². The molecule has 3 heterocycles. The highest BCUT2D eigenvalue weighted by Crippen LogP contribution is 2.28. The quantitative estimate of drug-likeness (QED) is 0.300. The number of hydrogen-bond donors (Lipinski definition) is 1. The molecule has 1 amide bonds. The standard InChI is InChI=1S/C32H36N4O/c1-24-7-5-8-25(2)35(24)20-18-28-23-36(31-11-4-3-10-30(28)31)29-15-12-26(13-16-29)14-17-32(37)34-22-27-9-6-19-33-21-27/h3-4,6,9-17,19,21,23-25H,5,7-8,18,20,22H2,1-2H3,(H,34,37)/b17-14+. The van der Waals surface area contributed by atoms with E-state index in [4.69, 9.17) is 0 Å². The zero-order chi connectivity index (χ0) is 25.6. The summed E-state index contributed by atoms with van der Waals surface area (Å²) in [6.45, 7) is 6.32. The van der Waals surface area contributed by atoms with E-state index < -0.39 is 0 Å². The number of piperidine rings is 1. The van der Waals surface area contributed by atoms with Crippen LogP contribution in [0.25, 0.3) is 22.7 Å². The Kier molecular flexibility index (Phi) is 7.81. The molecule has 1 aliphatic rings. The summed E-state index contributed by atoms with van der Waals surface area (Å²) in [6, 6.07) is 22.2. The molecule has 2 atom stereocenters. The molecule has 37 heavy (non-hydrogen) atoms. The van der Waals surface area contributed by atoms with E-state index in [1.165, 1.54) is 35.7 Å². The summed E-state index contributed by atoms with van der Waals surface area (Å²) in [5.41, 5.74) is 5.72. The number of carbonyl (C=O) groups is 1. The molecule has 1 N–H and O–H groups in total. The minimum absolute atomic E-state index is 0.119. The van der Waals surface area contributed by atoms with Gasteiger partial charge in [-0.05, 0) is 80.1 Å². The lowest BCUT2D eigenvalue weighted by Gasteiger charge is -2.39. The molecule has 1 fully saturated rings. The van der Waals surface area contributed by atoms with Gasteiger partial charge in [-0.3, -0.25) is 14.7 Å². The molecular formula is C32H36N4O. The van der Waals surface area contributed by atoms with E-state index in [9.17, 15) is 4.79 Å². The zero-order valence-electron chi connectivity index (χ0n) is 21.8. The normalized spacial score (nSPS) is 18.4. The molecule has 2 unspecified atom stereocenters. The molecule has 2 aromatic carbocycles. The minimum Gasteiger partial charge on any atom is -0.348 e. The predicted octanol–water partition coefficient (Wildman–Crippen LogP) is 6.16. The van der Waals surface area contributed by atoms with Gasteiger partial charge in [0, 0.05) is 60.9 Å². The molecule has 5 rings (SSSR count). The Bertz CT molecular complexity index is 1350. The fraction of sp³-hybridized carbons (Fsp3) is 0.312. The van der Waals surface area contributed by atoms with Crippen LogP contribution in [0.3, 0.4) is 0 Å². The van der Waals surface area contributed by atoms with Crippen molar-refractivity contribution in [1.82, 2.24) is 19.8 Å². The molecule has 0 saturated carbocycles. The summed E-state index contributed by atoms with van der Waals surface area (Å²) in [6.07, 6.45) is 14.2. The number of hydrogen-bond acceptors (Lipinski definition) is 3. The number of nitrogens with one attached hydrogen (secondary N) is 1. The lowest BCUT2D eigenvalue weighted by atomic mass is 9.97. The third-order valence-corrected chi connectivity index (χ3v) is 7.60. The topological polar surface area (TPSA) is 50.2 Å². The summed E-state index contributed by atoms with van der Waals surface area (Å²) in [5, 5.41) is 4.22. The van der Waals surface area contributed by atoms with E-state index in [1.807, 2.05) is 18.2 Å². The van der Waals surface area contributed by atoms with Crippen LogP contribution in [0.4, 0.5) is 0 Å². The van der Waals surface area contributed by atoms with Crippen molar-refractivity contribution in [3.05, 3.63) is 102 Å². The van der Waals surface area contributed by atoms with Crippen molar-refractivity contribution in [2.75, 3.05) is 6.54 Å². The molecular weight excluding hydrogens is 456 g/mol. The van der Waals surface area contributed by atoms with Crippen molar-refractivity contribution in [2.24, 2.45) is 0 Å². The summed E-state index contributed by atoms with van der Waals surface area (Å²) in [7, 11) is 0. The van der Waals surface area contributed by atoms with Crippen molar-refractivity contribution in [2.45, 2.75) is 58.2 Å². The molecule has 0 aliphatic carbocycles. The van der Waals surface area contributed by atoms with E-state index in [1.54, 1.807) is 18.5 Å². The van der Waals surface area contributed by atoms with Crippen LogP contribution in [0.1, 0.15) is 49.8 Å². The van der Waals surface area contributed by atoms with Crippen LogP contribution < -0.4 is 5.32 Å². The number of aromatic nitrogens is 2. The summed E-state index contributed by atoms with van der Waals surface area (Å²) >= 11 is 0. The average Bonchev–Trinajstić information content (AvgIpc) is 3.30. The van der Waals surface area contributed by atoms with Crippen molar-refractivity contribution < 1.29 is 4.79 Å². The Balaban J connectivity index is 1.27. The van der Waals surface area contributed by atoms with Gasteiger partial charge in [-0.25, -0.2) is 0 Å². The van der Waals surface area contributed by atoms with Crippen LogP contribution in [0.2, 0.25) is 0 Å². The third-order valence-electron chi connectivity index (χ3n) is 7.60. The first-order valence-corrected chi connectivity index (χ1v) is 13.4. The second-order valence-corrected chi connectivity index (χ2v) is 10.2. The number of amides is 1. The Morgan fingerprint density at radius 3 is 2.57 bits per heavy atom. The number of fused-ring (bicyclic) bond motifs is 1.